The molecule has 7 N–H and O–H groups in total. The van der Waals surface area contributed by atoms with Crippen molar-refractivity contribution in [1.82, 2.24) is 9.80 Å². The summed E-state index contributed by atoms with van der Waals surface area (Å²) < 4.78 is 16.2. The van der Waals surface area contributed by atoms with Gasteiger partial charge < -0.3 is 31.5 Å². The summed E-state index contributed by atoms with van der Waals surface area (Å²) in [5.74, 6) is -9.35. The number of nitrogens with one attached hydrogen (secondary N) is 1. The van der Waals surface area contributed by atoms with Gasteiger partial charge in [0.2, 0.25) is 11.7 Å². The first-order valence-electron chi connectivity index (χ1n) is 13.1. The Balaban J connectivity index is 1.53. The lowest BCUT2D eigenvalue weighted by atomic mass is 9.58. The van der Waals surface area contributed by atoms with Crippen LogP contribution in [-0.4, -0.2) is 91.9 Å². The highest BCUT2D eigenvalue weighted by atomic mass is 19.1. The first-order valence-corrected chi connectivity index (χ1v) is 13.1. The number of halogens is 1. The third-order valence-corrected chi connectivity index (χ3v) is 9.20. The van der Waals surface area contributed by atoms with Crippen molar-refractivity contribution in [2.45, 2.75) is 49.9 Å². The van der Waals surface area contributed by atoms with Crippen LogP contribution in [0, 0.1) is 17.7 Å². The van der Waals surface area contributed by atoms with Crippen molar-refractivity contribution in [3.05, 3.63) is 45.2 Å². The number of hydrogen-bond acceptors (Lipinski definition) is 10. The summed E-state index contributed by atoms with van der Waals surface area (Å²) in [6.45, 7) is 0.619. The number of Topliss-reactive ketones (excluding diaryl/α,β-unsaturated/α-hetero) is 2. The fourth-order valence-corrected chi connectivity index (χ4v) is 7.40. The lowest BCUT2D eigenvalue weighted by Crippen LogP contribution is -2.63. The number of carbonyl (C=O) groups is 4. The van der Waals surface area contributed by atoms with Gasteiger partial charge in [-0.05, 0) is 52.2 Å². The van der Waals surface area contributed by atoms with Gasteiger partial charge in [0.1, 0.15) is 22.9 Å². The molecule has 5 atom stereocenters. The van der Waals surface area contributed by atoms with Gasteiger partial charge in [0.05, 0.1) is 23.3 Å². The van der Waals surface area contributed by atoms with Gasteiger partial charge in [-0.15, -0.1) is 0 Å². The molecule has 1 fully saturated rings. The zero-order valence-corrected chi connectivity index (χ0v) is 21.8. The maximum absolute atomic E-state index is 16.2. The predicted octanol–water partition coefficient (Wildman–Crippen LogP) is 0.176. The molecule has 0 saturated carbocycles. The molecule has 0 aromatic heterocycles. The summed E-state index contributed by atoms with van der Waals surface area (Å²) in [5, 5.41) is 47.6. The van der Waals surface area contributed by atoms with Crippen LogP contribution in [0.1, 0.15) is 40.7 Å². The highest BCUT2D eigenvalue weighted by molar-refractivity contribution is 6.25. The van der Waals surface area contributed by atoms with Crippen molar-refractivity contribution >= 4 is 29.1 Å². The number of carbonyl (C=O) groups excluding carboxylic acids is 4. The Kier molecular flexibility index (Phi) is 5.67. The minimum atomic E-state index is -2.79. The van der Waals surface area contributed by atoms with Gasteiger partial charge in [-0.1, -0.05) is 0 Å². The molecule has 1 aromatic carbocycles. The quantitative estimate of drug-likeness (QED) is 0.216. The van der Waals surface area contributed by atoms with Crippen LogP contribution in [0.15, 0.2) is 22.7 Å². The molecule has 3 aliphatic carbocycles. The number of fused-ring (bicyclic) bond motifs is 5. The minimum absolute atomic E-state index is 0.0480. The summed E-state index contributed by atoms with van der Waals surface area (Å²) in [4.78, 5) is 55.4. The molecular weight excluding hydrogens is 527 g/mol. The zero-order chi connectivity index (χ0) is 29.0. The lowest BCUT2D eigenvalue weighted by molar-refractivity contribution is -0.148. The van der Waals surface area contributed by atoms with E-state index in [1.54, 1.807) is 0 Å². The number of nitrogens with two attached hydrogens (primary N) is 1. The molecule has 0 spiro atoms. The summed E-state index contributed by atoms with van der Waals surface area (Å²) in [6, 6.07) is -1.64. The van der Waals surface area contributed by atoms with Gasteiger partial charge in [0, 0.05) is 29.2 Å². The van der Waals surface area contributed by atoms with Crippen LogP contribution in [0.2, 0.25) is 0 Å². The highest BCUT2D eigenvalue weighted by Gasteiger charge is 2.63. The molecule has 0 radical (unpaired) electrons. The van der Waals surface area contributed by atoms with E-state index >= 15 is 4.39 Å². The number of benzene rings is 1. The first-order chi connectivity index (χ1) is 18.8. The number of nitrogens with zero attached hydrogens (tertiary/aromatic N) is 2. The molecule has 40 heavy (non-hydrogen) atoms. The van der Waals surface area contributed by atoms with Crippen molar-refractivity contribution in [3.63, 3.8) is 0 Å². The summed E-state index contributed by atoms with van der Waals surface area (Å²) in [5.41, 5.74) is 0.507. The van der Waals surface area contributed by atoms with E-state index in [2.05, 4.69) is 5.32 Å². The van der Waals surface area contributed by atoms with Crippen molar-refractivity contribution < 1.29 is 44.0 Å². The maximum Gasteiger partial charge on any atom is 0.255 e. The number of aliphatic hydroxyl groups excluding tert-OH is 2. The van der Waals surface area contributed by atoms with E-state index in [0.717, 1.165) is 6.42 Å². The molecule has 2 heterocycles. The van der Waals surface area contributed by atoms with E-state index < -0.39 is 92.7 Å². The van der Waals surface area contributed by atoms with Crippen LogP contribution in [0.25, 0.3) is 0 Å². The maximum atomic E-state index is 16.2. The largest absolute Gasteiger partial charge is 0.510 e. The van der Waals surface area contributed by atoms with E-state index in [9.17, 15) is 39.6 Å². The Labute approximate surface area is 227 Å². The van der Waals surface area contributed by atoms with E-state index in [1.807, 2.05) is 4.90 Å². The normalized spacial score (nSPS) is 31.8. The average Bonchev–Trinajstić information content (AvgIpc) is 3.29. The number of allylic oxidation sites excluding steroid dienone is 1. The number of likely N-dealkylation sites (N-methyl/N-ethyl adjacent to an activating group) is 1. The number of ketones is 2. The molecule has 2 aliphatic heterocycles. The second-order valence-electron chi connectivity index (χ2n) is 11.5. The Morgan fingerprint density at radius 1 is 1.18 bits per heavy atom. The topological polar surface area (TPSA) is 194 Å². The number of amides is 2. The number of phenolic OH excluding ortho intramolecular Hbond substituents is 1. The second-order valence-corrected chi connectivity index (χ2v) is 11.5. The minimum Gasteiger partial charge on any atom is -0.510 e. The van der Waals surface area contributed by atoms with Crippen LogP contribution in [0.4, 0.5) is 10.1 Å². The molecule has 0 bridgehead atoms. The SMILES string of the molecule is CN(C)[C@@H]1C(O)=C(C(N)=O)C(=O)[C@@]2(O)C(O)=C3C(=O)c4c(O)c5c(c(F)c4C[C@H]3CC12)CN1CCC[C@H]1C(=O)N5. The van der Waals surface area contributed by atoms with Crippen LogP contribution >= 0.6 is 0 Å². The lowest BCUT2D eigenvalue weighted by Gasteiger charge is -2.50. The zero-order valence-electron chi connectivity index (χ0n) is 21.8. The van der Waals surface area contributed by atoms with Gasteiger partial charge >= 0.3 is 0 Å². The Hall–Kier alpha value is -3.81. The van der Waals surface area contributed by atoms with Crippen molar-refractivity contribution in [2.75, 3.05) is 26.0 Å². The number of anilines is 1. The number of phenols is 1. The number of aromatic hydroxyl groups is 1. The van der Waals surface area contributed by atoms with Crippen molar-refractivity contribution in [3.8, 4) is 5.75 Å². The van der Waals surface area contributed by atoms with Crippen LogP contribution in [-0.2, 0) is 27.3 Å². The Morgan fingerprint density at radius 3 is 2.52 bits per heavy atom. The third kappa shape index (κ3) is 3.22. The van der Waals surface area contributed by atoms with Gasteiger partial charge in [0.15, 0.2) is 17.1 Å². The summed E-state index contributed by atoms with van der Waals surface area (Å²) in [7, 11) is 3.06. The monoisotopic (exact) mass is 556 g/mol. The fraction of sp³-hybridized carbons (Fsp3) is 0.481. The van der Waals surface area contributed by atoms with Crippen LogP contribution in [0.5, 0.6) is 5.75 Å². The predicted molar refractivity (Wildman–Crippen MR) is 136 cm³/mol. The van der Waals surface area contributed by atoms with E-state index in [1.165, 1.54) is 19.0 Å². The van der Waals surface area contributed by atoms with Gasteiger partial charge in [0.25, 0.3) is 5.91 Å². The van der Waals surface area contributed by atoms with Crippen LogP contribution < -0.4 is 11.1 Å². The molecule has 1 saturated heterocycles. The van der Waals surface area contributed by atoms with Crippen molar-refractivity contribution in [1.29, 1.82) is 0 Å². The van der Waals surface area contributed by atoms with Crippen LogP contribution in [0.3, 0.4) is 0 Å². The van der Waals surface area contributed by atoms with E-state index in [-0.39, 0.29) is 36.2 Å². The molecule has 12 nitrogen and oxygen atoms in total. The van der Waals surface area contributed by atoms with Gasteiger partial charge in [-0.3, -0.25) is 29.0 Å². The molecule has 5 aliphatic rings. The van der Waals surface area contributed by atoms with E-state index in [0.29, 0.717) is 13.0 Å². The number of rotatable bonds is 2. The summed E-state index contributed by atoms with van der Waals surface area (Å²) >= 11 is 0. The highest BCUT2D eigenvalue weighted by Crippen LogP contribution is 2.53. The molecule has 6 rings (SSSR count). The molecule has 212 valence electrons. The fourth-order valence-electron chi connectivity index (χ4n) is 7.40. The first kappa shape index (κ1) is 26.4. The molecule has 1 unspecified atom stereocenters. The summed E-state index contributed by atoms with van der Waals surface area (Å²) in [6.07, 6.45) is 1.01. The average molecular weight is 557 g/mol. The smallest absolute Gasteiger partial charge is 0.255 e. The number of hydrogen-bond donors (Lipinski definition) is 6. The Morgan fingerprint density at radius 2 is 1.88 bits per heavy atom. The standard InChI is InChI=1S/C27H29FN4O8/c1-31(2)19-12-7-9-6-10-15(20(33)14(9)23(36)27(12,40)24(37)16(22(19)35)25(29)38)21(34)18-11(17(10)28)8-32-5-3-4-13(32)26(39)30-18/h9,12-13,19,34-36,40H,3-8H2,1-2H3,(H2,29,38)(H,30,39)/t9-,12?,13-,19-,27-/m0/s1. The second kappa shape index (κ2) is 8.59. The molecule has 13 heteroatoms. The van der Waals surface area contributed by atoms with Gasteiger partial charge in [-0.25, -0.2) is 4.39 Å². The molecule has 2 amide bonds. The van der Waals surface area contributed by atoms with E-state index in [4.69, 9.17) is 5.73 Å². The third-order valence-electron chi connectivity index (χ3n) is 9.20. The van der Waals surface area contributed by atoms with Crippen molar-refractivity contribution in [2.24, 2.45) is 17.6 Å². The molecule has 1 aromatic rings. The number of aliphatic hydroxyl groups is 3. The van der Waals surface area contributed by atoms with Gasteiger partial charge in [-0.2, -0.15) is 0 Å². The Bertz CT molecular complexity index is 1500. The molecular formula is C27H29FN4O8. The number of primary amides is 1.